The first-order chi connectivity index (χ1) is 11.2. The Balaban J connectivity index is 2.39. The molecule has 0 radical (unpaired) electrons. The molecule has 2 aliphatic heterocycles. The van der Waals surface area contributed by atoms with Gasteiger partial charge in [0.25, 0.3) is 0 Å². The van der Waals surface area contributed by atoms with Gasteiger partial charge in [-0.05, 0) is 51.7 Å². The molecule has 2 aliphatic rings. The highest BCUT2D eigenvalue weighted by Gasteiger charge is 2.42. The first-order valence-electron chi connectivity index (χ1n) is 8.30. The molecule has 0 aromatic heterocycles. The lowest BCUT2D eigenvalue weighted by molar-refractivity contribution is -0.156. The minimum Gasteiger partial charge on any atom is -0.455 e. The van der Waals surface area contributed by atoms with Crippen molar-refractivity contribution in [3.63, 3.8) is 0 Å². The van der Waals surface area contributed by atoms with Crippen molar-refractivity contribution in [2.75, 3.05) is 0 Å². The summed E-state index contributed by atoms with van der Waals surface area (Å²) in [4.78, 5) is 24.3. The first-order valence-corrected chi connectivity index (χ1v) is 8.30. The van der Waals surface area contributed by atoms with E-state index in [2.05, 4.69) is 6.58 Å². The van der Waals surface area contributed by atoms with E-state index in [4.69, 9.17) is 4.74 Å². The molecule has 2 heterocycles. The molecule has 2 rings (SSSR count). The van der Waals surface area contributed by atoms with E-state index in [9.17, 15) is 14.7 Å². The molecule has 3 unspecified atom stereocenters. The number of carbonyl (C=O) groups excluding carboxylic acids is 2. The highest BCUT2D eigenvalue weighted by Crippen LogP contribution is 2.41. The van der Waals surface area contributed by atoms with Crippen molar-refractivity contribution < 1.29 is 19.4 Å². The van der Waals surface area contributed by atoms with E-state index in [0.717, 1.165) is 11.9 Å². The van der Waals surface area contributed by atoms with Gasteiger partial charge in [0.2, 0.25) is 0 Å². The zero-order valence-corrected chi connectivity index (χ0v) is 14.6. The van der Waals surface area contributed by atoms with E-state index in [0.29, 0.717) is 24.8 Å². The summed E-state index contributed by atoms with van der Waals surface area (Å²) in [6.07, 6.45) is 11.6. The Labute approximate surface area is 143 Å². The lowest BCUT2D eigenvalue weighted by atomic mass is 9.78. The Kier molecular flexibility index (Phi) is 5.29. The SMILES string of the molecule is C=C1CC=CC2(C)CCC(C(C=O)=CC=CC(C)(C)O)C1C(=O)O2. The molecule has 1 N–H and O–H groups in total. The van der Waals surface area contributed by atoms with E-state index < -0.39 is 17.1 Å². The van der Waals surface area contributed by atoms with Crippen LogP contribution < -0.4 is 0 Å². The molecular weight excluding hydrogens is 304 g/mol. The van der Waals surface area contributed by atoms with Gasteiger partial charge in [-0.25, -0.2) is 0 Å². The van der Waals surface area contributed by atoms with Crippen LogP contribution in [0.15, 0.2) is 48.1 Å². The minimum absolute atomic E-state index is 0.254. The van der Waals surface area contributed by atoms with Crippen LogP contribution in [0.4, 0.5) is 0 Å². The zero-order valence-electron chi connectivity index (χ0n) is 14.6. The monoisotopic (exact) mass is 330 g/mol. The summed E-state index contributed by atoms with van der Waals surface area (Å²) in [6, 6.07) is 0. The quantitative estimate of drug-likeness (QED) is 0.282. The lowest BCUT2D eigenvalue weighted by Crippen LogP contribution is -2.32. The molecule has 24 heavy (non-hydrogen) atoms. The van der Waals surface area contributed by atoms with Crippen molar-refractivity contribution >= 4 is 12.3 Å². The van der Waals surface area contributed by atoms with Crippen LogP contribution in [0.25, 0.3) is 0 Å². The normalized spacial score (nSPS) is 31.6. The Hall–Kier alpha value is -1.94. The second-order valence-corrected chi connectivity index (χ2v) is 7.42. The standard InChI is InChI=1S/C20H26O4/c1-14-7-5-11-20(4)12-9-16(17(14)18(22)24-20)15(13-21)8-6-10-19(2,3)23/h5-6,8,10-11,13,16-17,23H,1,7,9,12H2,2-4H3. The van der Waals surface area contributed by atoms with Gasteiger partial charge in [0.15, 0.2) is 0 Å². The summed E-state index contributed by atoms with van der Waals surface area (Å²) in [5, 5.41) is 9.75. The maximum atomic E-state index is 12.6. The molecule has 0 aliphatic carbocycles. The van der Waals surface area contributed by atoms with Gasteiger partial charge in [-0.15, -0.1) is 0 Å². The lowest BCUT2D eigenvalue weighted by Gasteiger charge is -2.28. The summed E-state index contributed by atoms with van der Waals surface area (Å²) in [5.74, 6) is -1.08. The van der Waals surface area contributed by atoms with Gasteiger partial charge in [0.05, 0.1) is 11.5 Å². The predicted octanol–water partition coefficient (Wildman–Crippen LogP) is 3.28. The van der Waals surface area contributed by atoms with E-state index >= 15 is 0 Å². The number of hydrogen-bond donors (Lipinski definition) is 1. The number of aliphatic hydroxyl groups is 1. The Morgan fingerprint density at radius 1 is 1.50 bits per heavy atom. The molecule has 1 saturated heterocycles. The predicted molar refractivity (Wildman–Crippen MR) is 93.2 cm³/mol. The van der Waals surface area contributed by atoms with Crippen molar-refractivity contribution in [2.45, 2.75) is 51.2 Å². The number of allylic oxidation sites excluding steroid dienone is 4. The number of carbonyl (C=O) groups is 2. The first kappa shape index (κ1) is 18.4. The van der Waals surface area contributed by atoms with E-state index in [1.807, 2.05) is 19.1 Å². The summed E-state index contributed by atoms with van der Waals surface area (Å²) >= 11 is 0. The average molecular weight is 330 g/mol. The van der Waals surface area contributed by atoms with Crippen LogP contribution in [0.2, 0.25) is 0 Å². The fraction of sp³-hybridized carbons (Fsp3) is 0.500. The van der Waals surface area contributed by atoms with Crippen LogP contribution in [-0.2, 0) is 14.3 Å². The smallest absolute Gasteiger partial charge is 0.314 e. The van der Waals surface area contributed by atoms with Gasteiger partial charge in [-0.2, -0.15) is 0 Å². The number of esters is 1. The second kappa shape index (κ2) is 6.89. The van der Waals surface area contributed by atoms with Gasteiger partial charge in [0.1, 0.15) is 11.9 Å². The second-order valence-electron chi connectivity index (χ2n) is 7.42. The topological polar surface area (TPSA) is 63.6 Å². The molecule has 1 fully saturated rings. The Morgan fingerprint density at radius 2 is 2.21 bits per heavy atom. The van der Waals surface area contributed by atoms with Crippen molar-refractivity contribution in [3.8, 4) is 0 Å². The van der Waals surface area contributed by atoms with E-state index in [1.165, 1.54) is 0 Å². The van der Waals surface area contributed by atoms with Crippen LogP contribution in [0, 0.1) is 11.8 Å². The third kappa shape index (κ3) is 4.32. The van der Waals surface area contributed by atoms with Crippen molar-refractivity contribution in [1.82, 2.24) is 0 Å². The van der Waals surface area contributed by atoms with E-state index in [-0.39, 0.29) is 11.9 Å². The molecule has 0 saturated carbocycles. The number of hydrogen-bond acceptors (Lipinski definition) is 4. The zero-order chi connectivity index (χ0) is 18.0. The molecule has 0 aromatic rings. The summed E-state index contributed by atoms with van der Waals surface area (Å²) in [5.41, 5.74) is -0.280. The third-order valence-electron chi connectivity index (χ3n) is 4.59. The van der Waals surface area contributed by atoms with Gasteiger partial charge in [-0.1, -0.05) is 36.5 Å². The number of fused-ring (bicyclic) bond motifs is 3. The van der Waals surface area contributed by atoms with Crippen molar-refractivity contribution in [2.24, 2.45) is 11.8 Å². The molecule has 2 bridgehead atoms. The largest absolute Gasteiger partial charge is 0.455 e. The van der Waals surface area contributed by atoms with E-state index in [1.54, 1.807) is 32.1 Å². The Bertz CT molecular complexity index is 618. The maximum Gasteiger partial charge on any atom is 0.314 e. The van der Waals surface area contributed by atoms with Gasteiger partial charge < -0.3 is 9.84 Å². The third-order valence-corrected chi connectivity index (χ3v) is 4.59. The van der Waals surface area contributed by atoms with Crippen LogP contribution in [0.5, 0.6) is 0 Å². The molecule has 0 amide bonds. The van der Waals surface area contributed by atoms with Crippen LogP contribution in [-0.4, -0.2) is 28.6 Å². The average Bonchev–Trinajstić information content (AvgIpc) is 2.54. The molecule has 0 aromatic carbocycles. The van der Waals surface area contributed by atoms with Crippen LogP contribution >= 0.6 is 0 Å². The van der Waals surface area contributed by atoms with Gasteiger partial charge >= 0.3 is 5.97 Å². The highest BCUT2D eigenvalue weighted by molar-refractivity contribution is 5.82. The number of rotatable bonds is 4. The molecule has 3 atom stereocenters. The maximum absolute atomic E-state index is 12.6. The fourth-order valence-electron chi connectivity index (χ4n) is 3.28. The summed E-state index contributed by atoms with van der Waals surface area (Å²) < 4.78 is 5.67. The fourth-order valence-corrected chi connectivity index (χ4v) is 3.28. The van der Waals surface area contributed by atoms with Gasteiger partial charge in [0, 0.05) is 5.92 Å². The van der Waals surface area contributed by atoms with Crippen molar-refractivity contribution in [1.29, 1.82) is 0 Å². The number of ether oxygens (including phenoxy) is 1. The Morgan fingerprint density at radius 3 is 2.83 bits per heavy atom. The summed E-state index contributed by atoms with van der Waals surface area (Å²) in [7, 11) is 0. The van der Waals surface area contributed by atoms with Crippen molar-refractivity contribution in [3.05, 3.63) is 48.1 Å². The molecule has 0 spiro atoms. The molecule has 4 nitrogen and oxygen atoms in total. The summed E-state index contributed by atoms with van der Waals surface area (Å²) in [6.45, 7) is 9.25. The van der Waals surface area contributed by atoms with Crippen LogP contribution in [0.1, 0.15) is 40.0 Å². The molecule has 4 heteroatoms. The van der Waals surface area contributed by atoms with Crippen LogP contribution in [0.3, 0.4) is 0 Å². The van der Waals surface area contributed by atoms with Gasteiger partial charge in [-0.3, -0.25) is 9.59 Å². The number of aldehydes is 1. The highest BCUT2D eigenvalue weighted by atomic mass is 16.6. The molecule has 130 valence electrons. The molecular formula is C20H26O4. The minimum atomic E-state index is -0.957.